The Hall–Kier alpha value is -2.72. The van der Waals surface area contributed by atoms with E-state index in [2.05, 4.69) is 0 Å². The number of halogens is 3. The van der Waals surface area contributed by atoms with Crippen molar-refractivity contribution in [3.8, 4) is 16.9 Å². The molecule has 0 saturated carbocycles. The zero-order valence-electron chi connectivity index (χ0n) is 15.9. The largest absolute Gasteiger partial charge is 0.495 e. The van der Waals surface area contributed by atoms with Gasteiger partial charge in [0.2, 0.25) is 0 Å². The van der Waals surface area contributed by atoms with Crippen molar-refractivity contribution in [1.29, 1.82) is 0 Å². The number of hydroxylamine groups is 1. The molecule has 6 nitrogen and oxygen atoms in total. The highest BCUT2D eigenvalue weighted by molar-refractivity contribution is 8.00. The molecule has 1 aliphatic heterocycles. The number of hydrogen-bond acceptors (Lipinski definition) is 5. The summed E-state index contributed by atoms with van der Waals surface area (Å²) in [6.07, 6.45) is 0.889. The Balaban J connectivity index is 2.11. The average molecular weight is 440 g/mol. The van der Waals surface area contributed by atoms with Gasteiger partial charge in [-0.1, -0.05) is 30.3 Å². The van der Waals surface area contributed by atoms with E-state index in [1.807, 2.05) is 0 Å². The lowest BCUT2D eigenvalue weighted by molar-refractivity contribution is -0.133. The number of thioether (sulfide) groups is 1. The summed E-state index contributed by atoms with van der Waals surface area (Å²) in [7, 11) is 1.27. The highest BCUT2D eigenvalue weighted by Gasteiger charge is 2.36. The predicted molar refractivity (Wildman–Crippen MR) is 104 cm³/mol. The number of alkyl halides is 3. The molecule has 3 rings (SSSR count). The van der Waals surface area contributed by atoms with Gasteiger partial charge in [0.25, 0.3) is 11.8 Å². The van der Waals surface area contributed by atoms with Gasteiger partial charge in [-0.25, -0.2) is 5.48 Å². The maximum absolute atomic E-state index is 13.2. The monoisotopic (exact) mass is 440 g/mol. The molecule has 2 N–H and O–H groups in total. The van der Waals surface area contributed by atoms with Crippen molar-refractivity contribution in [3.05, 3.63) is 48.0 Å². The van der Waals surface area contributed by atoms with Gasteiger partial charge in [0.15, 0.2) is 0 Å². The van der Waals surface area contributed by atoms with Crippen molar-refractivity contribution in [2.45, 2.75) is 29.3 Å². The van der Waals surface area contributed by atoms with Gasteiger partial charge in [-0.3, -0.25) is 14.8 Å². The molecule has 1 atom stereocenters. The van der Waals surface area contributed by atoms with E-state index in [1.165, 1.54) is 23.6 Å². The summed E-state index contributed by atoms with van der Waals surface area (Å²) in [4.78, 5) is 26.0. The zero-order chi connectivity index (χ0) is 21.9. The van der Waals surface area contributed by atoms with Gasteiger partial charge in [0.1, 0.15) is 11.8 Å². The average Bonchev–Trinajstić information content (AvgIpc) is 3.21. The minimum absolute atomic E-state index is 0.000886. The number of benzene rings is 2. The van der Waals surface area contributed by atoms with Crippen LogP contribution < -0.4 is 10.2 Å². The number of rotatable bonds is 5. The maximum atomic E-state index is 13.2. The van der Waals surface area contributed by atoms with E-state index in [-0.39, 0.29) is 34.5 Å². The number of ether oxygens (including phenoxy) is 1. The first-order valence-corrected chi connectivity index (χ1v) is 9.85. The second kappa shape index (κ2) is 8.97. The van der Waals surface area contributed by atoms with E-state index >= 15 is 0 Å². The minimum Gasteiger partial charge on any atom is -0.495 e. The number of carbonyl (C=O) groups is 2. The predicted octanol–water partition coefficient (Wildman–Crippen LogP) is 4.08. The van der Waals surface area contributed by atoms with Crippen molar-refractivity contribution >= 4 is 23.6 Å². The Morgan fingerprint density at radius 2 is 1.93 bits per heavy atom. The molecule has 1 aliphatic rings. The Morgan fingerprint density at radius 1 is 1.23 bits per heavy atom. The fourth-order valence-electron chi connectivity index (χ4n) is 3.49. The summed E-state index contributed by atoms with van der Waals surface area (Å²) in [5, 5.41) is 8.92. The van der Waals surface area contributed by atoms with E-state index in [0.717, 1.165) is 6.07 Å². The normalized spacial score (nSPS) is 16.4. The molecule has 1 fully saturated rings. The van der Waals surface area contributed by atoms with Crippen LogP contribution in [0.25, 0.3) is 11.1 Å². The molecule has 2 amide bonds. The topological polar surface area (TPSA) is 78.9 Å². The van der Waals surface area contributed by atoms with Crippen LogP contribution in [0, 0.1) is 0 Å². The van der Waals surface area contributed by atoms with Gasteiger partial charge in [0, 0.05) is 17.7 Å². The van der Waals surface area contributed by atoms with Crippen molar-refractivity contribution < 1.29 is 32.7 Å². The number of methoxy groups -OCH3 is 1. The molecule has 1 heterocycles. The Bertz CT molecular complexity index is 938. The molecular formula is C20H19F3N2O4S. The van der Waals surface area contributed by atoms with Gasteiger partial charge in [-0.2, -0.15) is 13.2 Å². The van der Waals surface area contributed by atoms with Crippen LogP contribution in [-0.2, 0) is 4.79 Å². The van der Waals surface area contributed by atoms with E-state index in [0.29, 0.717) is 24.0 Å². The Labute approximate surface area is 175 Å². The molecule has 1 saturated heterocycles. The van der Waals surface area contributed by atoms with Gasteiger partial charge >= 0.3 is 5.51 Å². The van der Waals surface area contributed by atoms with Gasteiger partial charge in [-0.15, -0.1) is 0 Å². The van der Waals surface area contributed by atoms with Crippen LogP contribution in [0.5, 0.6) is 5.75 Å². The lowest BCUT2D eigenvalue weighted by atomic mass is 10.0. The quantitative estimate of drug-likeness (QED) is 0.416. The number of hydrogen-bond donors (Lipinski definition) is 2. The third-order valence-corrected chi connectivity index (χ3v) is 5.50. The van der Waals surface area contributed by atoms with Crippen LogP contribution in [0.15, 0.2) is 47.4 Å². The van der Waals surface area contributed by atoms with Crippen LogP contribution in [-0.4, -0.2) is 47.1 Å². The minimum atomic E-state index is -4.59. The molecular weight excluding hydrogens is 421 g/mol. The fraction of sp³-hybridized carbons (Fsp3) is 0.300. The first-order chi connectivity index (χ1) is 14.2. The molecule has 0 radical (unpaired) electrons. The van der Waals surface area contributed by atoms with Crippen LogP contribution in [0.3, 0.4) is 0 Å². The summed E-state index contributed by atoms with van der Waals surface area (Å²) in [6, 6.07) is 10.3. The number of nitrogens with one attached hydrogen (secondary N) is 1. The van der Waals surface area contributed by atoms with Gasteiger partial charge < -0.3 is 9.64 Å². The summed E-state index contributed by atoms with van der Waals surface area (Å²) in [5.41, 5.74) is -2.14. The SMILES string of the molecule is COc1c(SC(F)(F)F)cc(C(=O)N2CCC[C@@H]2C(=O)NO)cc1-c1ccccc1. The molecule has 2 aromatic carbocycles. The number of likely N-dealkylation sites (tertiary alicyclic amines) is 1. The van der Waals surface area contributed by atoms with Crippen molar-refractivity contribution in [1.82, 2.24) is 10.4 Å². The van der Waals surface area contributed by atoms with Crippen molar-refractivity contribution in [2.75, 3.05) is 13.7 Å². The molecule has 2 aromatic rings. The molecule has 0 bridgehead atoms. The van der Waals surface area contributed by atoms with Crippen LogP contribution in [0.1, 0.15) is 23.2 Å². The molecule has 0 unspecified atom stereocenters. The van der Waals surface area contributed by atoms with Gasteiger partial charge in [0.05, 0.1) is 12.0 Å². The summed E-state index contributed by atoms with van der Waals surface area (Å²) in [5.74, 6) is -1.32. The van der Waals surface area contributed by atoms with Gasteiger partial charge in [-0.05, 0) is 42.3 Å². The summed E-state index contributed by atoms with van der Waals surface area (Å²) in [6.45, 7) is 0.255. The molecule has 0 aromatic heterocycles. The van der Waals surface area contributed by atoms with E-state index < -0.39 is 23.4 Å². The summed E-state index contributed by atoms with van der Waals surface area (Å²) < 4.78 is 44.8. The van der Waals surface area contributed by atoms with E-state index in [4.69, 9.17) is 9.94 Å². The van der Waals surface area contributed by atoms with Crippen LogP contribution in [0.2, 0.25) is 0 Å². The highest BCUT2D eigenvalue weighted by atomic mass is 32.2. The third kappa shape index (κ3) is 4.71. The molecule has 30 heavy (non-hydrogen) atoms. The highest BCUT2D eigenvalue weighted by Crippen LogP contribution is 2.46. The third-order valence-electron chi connectivity index (χ3n) is 4.74. The van der Waals surface area contributed by atoms with Crippen molar-refractivity contribution in [3.63, 3.8) is 0 Å². The van der Waals surface area contributed by atoms with E-state index in [9.17, 15) is 22.8 Å². The standard InChI is InChI=1S/C20H19F3N2O4S/c1-29-17-14(12-6-3-2-4-7-12)10-13(11-16(17)30-20(21,22)23)19(27)25-9-5-8-15(25)18(26)24-28/h2-4,6-7,10-11,15,28H,5,8-9H2,1H3,(H,24,26)/t15-/m1/s1. The van der Waals surface area contributed by atoms with Crippen LogP contribution in [0.4, 0.5) is 13.2 Å². The molecule has 0 aliphatic carbocycles. The number of amides is 2. The smallest absolute Gasteiger partial charge is 0.446 e. The van der Waals surface area contributed by atoms with E-state index in [1.54, 1.807) is 30.3 Å². The lowest BCUT2D eigenvalue weighted by Crippen LogP contribution is -2.45. The summed E-state index contributed by atoms with van der Waals surface area (Å²) >= 11 is -0.369. The molecule has 160 valence electrons. The van der Waals surface area contributed by atoms with Crippen LogP contribution >= 0.6 is 11.8 Å². The Morgan fingerprint density at radius 3 is 2.53 bits per heavy atom. The molecule has 10 heteroatoms. The lowest BCUT2D eigenvalue weighted by Gasteiger charge is -2.24. The number of carbonyl (C=O) groups excluding carboxylic acids is 2. The first kappa shape index (κ1) is 22.0. The second-order valence-electron chi connectivity index (χ2n) is 6.60. The number of nitrogens with zero attached hydrogens (tertiary/aromatic N) is 1. The Kier molecular flexibility index (Phi) is 6.57. The fourth-order valence-corrected chi connectivity index (χ4v) is 4.21. The maximum Gasteiger partial charge on any atom is 0.446 e. The van der Waals surface area contributed by atoms with Crippen molar-refractivity contribution in [2.24, 2.45) is 0 Å². The second-order valence-corrected chi connectivity index (χ2v) is 7.71. The molecule has 0 spiro atoms. The zero-order valence-corrected chi connectivity index (χ0v) is 16.7. The first-order valence-electron chi connectivity index (χ1n) is 9.03.